The zero-order valence-electron chi connectivity index (χ0n) is 9.95. The molecule has 88 valence electrons. The van der Waals surface area contributed by atoms with Crippen molar-refractivity contribution in [3.63, 3.8) is 0 Å². The van der Waals surface area contributed by atoms with E-state index in [1.807, 2.05) is 0 Å². The van der Waals surface area contributed by atoms with E-state index in [9.17, 15) is 9.90 Å². The molecule has 0 aliphatic carbocycles. The predicted molar refractivity (Wildman–Crippen MR) is 60.5 cm³/mol. The average molecular weight is 214 g/mol. The largest absolute Gasteiger partial charge is 0.463 e. The van der Waals surface area contributed by atoms with Gasteiger partial charge < -0.3 is 9.84 Å². The van der Waals surface area contributed by atoms with E-state index < -0.39 is 12.1 Å². The molecule has 0 aromatic rings. The molecule has 15 heavy (non-hydrogen) atoms. The van der Waals surface area contributed by atoms with Crippen molar-refractivity contribution in [2.45, 2.75) is 52.6 Å². The molecule has 0 radical (unpaired) electrons. The standard InChI is InChI=1S/C12H22O3/c1-4-6-7-8-9-11(10(3)13)12(14)15-5-2/h9-10,13H,4-8H2,1-3H3/b11-9-. The van der Waals surface area contributed by atoms with Crippen LogP contribution < -0.4 is 0 Å². The van der Waals surface area contributed by atoms with Crippen LogP contribution in [0.3, 0.4) is 0 Å². The van der Waals surface area contributed by atoms with Gasteiger partial charge in [-0.15, -0.1) is 0 Å². The number of ether oxygens (including phenoxy) is 1. The van der Waals surface area contributed by atoms with E-state index in [1.165, 1.54) is 0 Å². The van der Waals surface area contributed by atoms with Gasteiger partial charge in [-0.1, -0.05) is 25.8 Å². The maximum atomic E-state index is 11.4. The summed E-state index contributed by atoms with van der Waals surface area (Å²) >= 11 is 0. The summed E-state index contributed by atoms with van der Waals surface area (Å²) in [4.78, 5) is 11.4. The molecule has 3 heteroatoms. The van der Waals surface area contributed by atoms with Gasteiger partial charge in [0.1, 0.15) is 0 Å². The Morgan fingerprint density at radius 2 is 2.07 bits per heavy atom. The molecule has 0 rings (SSSR count). The SMILES string of the molecule is CCCCC/C=C(\C(=O)OCC)C(C)O. The highest BCUT2D eigenvalue weighted by Gasteiger charge is 2.14. The van der Waals surface area contributed by atoms with Gasteiger partial charge in [-0.3, -0.25) is 0 Å². The minimum atomic E-state index is -0.745. The zero-order valence-corrected chi connectivity index (χ0v) is 9.95. The number of aliphatic hydroxyl groups excluding tert-OH is 1. The third kappa shape index (κ3) is 6.28. The molecule has 1 atom stereocenters. The lowest BCUT2D eigenvalue weighted by molar-refractivity contribution is -0.139. The van der Waals surface area contributed by atoms with Crippen molar-refractivity contribution in [2.75, 3.05) is 6.61 Å². The number of aliphatic hydroxyl groups is 1. The average Bonchev–Trinajstić information content (AvgIpc) is 2.17. The number of allylic oxidation sites excluding steroid dienone is 1. The summed E-state index contributed by atoms with van der Waals surface area (Å²) in [5.74, 6) is -0.399. The summed E-state index contributed by atoms with van der Waals surface area (Å²) in [5.41, 5.74) is 0.382. The number of esters is 1. The lowest BCUT2D eigenvalue weighted by Crippen LogP contribution is -2.17. The van der Waals surface area contributed by atoms with Gasteiger partial charge in [0.15, 0.2) is 0 Å². The summed E-state index contributed by atoms with van der Waals surface area (Å²) in [6.45, 7) is 5.82. The third-order valence-electron chi connectivity index (χ3n) is 2.13. The molecule has 0 amide bonds. The monoisotopic (exact) mass is 214 g/mol. The van der Waals surface area contributed by atoms with Crippen molar-refractivity contribution < 1.29 is 14.6 Å². The first kappa shape index (κ1) is 14.2. The summed E-state index contributed by atoms with van der Waals surface area (Å²) in [6.07, 6.45) is 5.21. The highest BCUT2D eigenvalue weighted by molar-refractivity contribution is 5.89. The molecule has 0 aromatic carbocycles. The van der Waals surface area contributed by atoms with Crippen LogP contribution in [0.15, 0.2) is 11.6 Å². The first-order valence-electron chi connectivity index (χ1n) is 5.68. The van der Waals surface area contributed by atoms with Gasteiger partial charge in [0.2, 0.25) is 0 Å². The molecular weight excluding hydrogens is 192 g/mol. The molecule has 0 bridgehead atoms. The number of hydrogen-bond donors (Lipinski definition) is 1. The normalized spacial score (nSPS) is 13.7. The molecule has 0 spiro atoms. The highest BCUT2D eigenvalue weighted by atomic mass is 16.5. The highest BCUT2D eigenvalue weighted by Crippen LogP contribution is 2.09. The topological polar surface area (TPSA) is 46.5 Å². The van der Waals surface area contributed by atoms with Gasteiger partial charge in [0.25, 0.3) is 0 Å². The Morgan fingerprint density at radius 3 is 2.53 bits per heavy atom. The molecule has 0 fully saturated rings. The second kappa shape index (κ2) is 8.48. The van der Waals surface area contributed by atoms with Crippen LogP contribution in [0.4, 0.5) is 0 Å². The first-order chi connectivity index (χ1) is 7.13. The fourth-order valence-corrected chi connectivity index (χ4v) is 1.29. The number of unbranched alkanes of at least 4 members (excludes halogenated alkanes) is 3. The Morgan fingerprint density at radius 1 is 1.40 bits per heavy atom. The second-order valence-electron chi connectivity index (χ2n) is 3.55. The first-order valence-corrected chi connectivity index (χ1v) is 5.68. The van der Waals surface area contributed by atoms with Crippen molar-refractivity contribution in [3.8, 4) is 0 Å². The Bertz CT molecular complexity index is 207. The van der Waals surface area contributed by atoms with Crippen molar-refractivity contribution in [3.05, 3.63) is 11.6 Å². The Labute approximate surface area is 92.1 Å². The maximum Gasteiger partial charge on any atom is 0.336 e. The summed E-state index contributed by atoms with van der Waals surface area (Å²) in [5, 5.41) is 9.40. The van der Waals surface area contributed by atoms with Crippen LogP contribution in [0.5, 0.6) is 0 Å². The number of carbonyl (C=O) groups is 1. The van der Waals surface area contributed by atoms with Gasteiger partial charge in [0.05, 0.1) is 18.3 Å². The van der Waals surface area contributed by atoms with Crippen molar-refractivity contribution in [2.24, 2.45) is 0 Å². The molecule has 1 N–H and O–H groups in total. The van der Waals surface area contributed by atoms with Crippen molar-refractivity contribution >= 4 is 5.97 Å². The van der Waals surface area contributed by atoms with E-state index in [2.05, 4.69) is 6.92 Å². The molecule has 0 saturated heterocycles. The maximum absolute atomic E-state index is 11.4. The van der Waals surface area contributed by atoms with E-state index in [0.717, 1.165) is 25.7 Å². The molecular formula is C12H22O3. The van der Waals surface area contributed by atoms with Gasteiger partial charge in [-0.25, -0.2) is 4.79 Å². The lowest BCUT2D eigenvalue weighted by atomic mass is 10.1. The Balaban J connectivity index is 4.19. The number of carbonyl (C=O) groups excluding carboxylic acids is 1. The molecule has 3 nitrogen and oxygen atoms in total. The van der Waals surface area contributed by atoms with E-state index >= 15 is 0 Å². The minimum Gasteiger partial charge on any atom is -0.463 e. The summed E-state index contributed by atoms with van der Waals surface area (Å²) in [6, 6.07) is 0. The zero-order chi connectivity index (χ0) is 11.7. The van der Waals surface area contributed by atoms with Crippen LogP contribution in [-0.2, 0) is 9.53 Å². The molecule has 0 aliphatic heterocycles. The third-order valence-corrected chi connectivity index (χ3v) is 2.13. The van der Waals surface area contributed by atoms with E-state index in [0.29, 0.717) is 12.2 Å². The molecule has 0 saturated carbocycles. The van der Waals surface area contributed by atoms with Crippen LogP contribution in [0.2, 0.25) is 0 Å². The number of rotatable bonds is 7. The second-order valence-corrected chi connectivity index (χ2v) is 3.55. The lowest BCUT2D eigenvalue weighted by Gasteiger charge is -2.09. The van der Waals surface area contributed by atoms with E-state index in [-0.39, 0.29) is 0 Å². The van der Waals surface area contributed by atoms with Gasteiger partial charge in [-0.05, 0) is 26.7 Å². The molecule has 0 aliphatic rings. The fourth-order valence-electron chi connectivity index (χ4n) is 1.29. The van der Waals surface area contributed by atoms with Crippen molar-refractivity contribution in [1.29, 1.82) is 0 Å². The smallest absolute Gasteiger partial charge is 0.336 e. The minimum absolute atomic E-state index is 0.345. The van der Waals surface area contributed by atoms with Crippen molar-refractivity contribution in [1.82, 2.24) is 0 Å². The molecule has 0 aromatic heterocycles. The Hall–Kier alpha value is -0.830. The van der Waals surface area contributed by atoms with Crippen LogP contribution in [0, 0.1) is 0 Å². The van der Waals surface area contributed by atoms with Crippen LogP contribution in [0.1, 0.15) is 46.5 Å². The van der Waals surface area contributed by atoms with Crippen LogP contribution >= 0.6 is 0 Å². The Kier molecular flexibility index (Phi) is 8.01. The number of hydrogen-bond acceptors (Lipinski definition) is 3. The molecule has 1 unspecified atom stereocenters. The predicted octanol–water partition coefficient (Wildman–Crippen LogP) is 2.44. The van der Waals surface area contributed by atoms with Gasteiger partial charge >= 0.3 is 5.97 Å². The van der Waals surface area contributed by atoms with E-state index in [4.69, 9.17) is 4.74 Å². The van der Waals surface area contributed by atoms with Crippen LogP contribution in [0.25, 0.3) is 0 Å². The summed E-state index contributed by atoms with van der Waals surface area (Å²) < 4.78 is 4.86. The van der Waals surface area contributed by atoms with Crippen LogP contribution in [-0.4, -0.2) is 23.8 Å². The van der Waals surface area contributed by atoms with Gasteiger partial charge in [0, 0.05) is 0 Å². The van der Waals surface area contributed by atoms with E-state index in [1.54, 1.807) is 19.9 Å². The quantitative estimate of drug-likeness (QED) is 0.402. The van der Waals surface area contributed by atoms with Gasteiger partial charge in [-0.2, -0.15) is 0 Å². The summed E-state index contributed by atoms with van der Waals surface area (Å²) in [7, 11) is 0. The fraction of sp³-hybridized carbons (Fsp3) is 0.750. The molecule has 0 heterocycles.